The van der Waals surface area contributed by atoms with Crippen molar-refractivity contribution in [3.05, 3.63) is 86.9 Å². The molecule has 0 unspecified atom stereocenters. The van der Waals surface area contributed by atoms with E-state index in [4.69, 9.17) is 4.55 Å². The van der Waals surface area contributed by atoms with Gasteiger partial charge in [-0.05, 0) is 68.5 Å². The summed E-state index contributed by atoms with van der Waals surface area (Å²) in [6.45, 7) is 11.8. The van der Waals surface area contributed by atoms with Gasteiger partial charge < -0.3 is 4.90 Å². The maximum absolute atomic E-state index is 13.0. The monoisotopic (exact) mass is 498 g/mol. The Balaban J connectivity index is 0.000000429. The van der Waals surface area contributed by atoms with Gasteiger partial charge in [-0.3, -0.25) is 23.8 Å². The standard InChI is InChI=1S/C19H15N3O5S.C6H15N/c1-12-11-16(23)21(13-5-3-2-4-6-13)18-17(12)19(24)22(20-18)14-7-9-15(10-8-14)28(25,26)27;1-4-7(5-2)6-3/h2-11,20H,1H3,(H,25,26,27);4-6H2,1-3H3. The fourth-order valence-electron chi connectivity index (χ4n) is 3.83. The van der Waals surface area contributed by atoms with Crippen LogP contribution in [-0.4, -0.2) is 51.9 Å². The molecule has 0 atom stereocenters. The fraction of sp³-hybridized carbons (Fsp3) is 0.280. The van der Waals surface area contributed by atoms with Gasteiger partial charge in [0, 0.05) is 6.07 Å². The maximum atomic E-state index is 13.0. The first-order valence-electron chi connectivity index (χ1n) is 11.3. The third-order valence-electron chi connectivity index (χ3n) is 5.80. The van der Waals surface area contributed by atoms with E-state index in [2.05, 4.69) is 30.8 Å². The van der Waals surface area contributed by atoms with Gasteiger partial charge >= 0.3 is 0 Å². The van der Waals surface area contributed by atoms with Gasteiger partial charge in [0.25, 0.3) is 21.2 Å². The highest BCUT2D eigenvalue weighted by atomic mass is 32.2. The van der Waals surface area contributed by atoms with Crippen LogP contribution in [0.1, 0.15) is 26.3 Å². The molecule has 2 aromatic carbocycles. The van der Waals surface area contributed by atoms with Crippen molar-refractivity contribution < 1.29 is 13.0 Å². The smallest absolute Gasteiger partial charge is 0.294 e. The Morgan fingerprint density at radius 1 is 0.886 bits per heavy atom. The lowest BCUT2D eigenvalue weighted by Gasteiger charge is -2.13. The highest BCUT2D eigenvalue weighted by Gasteiger charge is 2.17. The van der Waals surface area contributed by atoms with E-state index in [0.717, 1.165) is 0 Å². The van der Waals surface area contributed by atoms with Crippen molar-refractivity contribution in [2.45, 2.75) is 32.6 Å². The zero-order valence-corrected chi connectivity index (χ0v) is 21.0. The van der Waals surface area contributed by atoms with E-state index in [9.17, 15) is 18.0 Å². The van der Waals surface area contributed by atoms with Crippen molar-refractivity contribution in [2.24, 2.45) is 0 Å². The molecule has 0 bridgehead atoms. The number of fused-ring (bicyclic) bond motifs is 1. The van der Waals surface area contributed by atoms with E-state index in [1.54, 1.807) is 31.2 Å². The summed E-state index contributed by atoms with van der Waals surface area (Å²) in [7, 11) is -4.33. The summed E-state index contributed by atoms with van der Waals surface area (Å²) in [6, 6.07) is 15.5. The normalized spacial score (nSPS) is 11.5. The van der Waals surface area contributed by atoms with Crippen molar-refractivity contribution in [3.63, 3.8) is 0 Å². The summed E-state index contributed by atoms with van der Waals surface area (Å²) in [5.41, 5.74) is 1.16. The predicted octanol–water partition coefficient (Wildman–Crippen LogP) is 3.37. The molecule has 0 spiro atoms. The van der Waals surface area contributed by atoms with Crippen LogP contribution in [-0.2, 0) is 10.1 Å². The van der Waals surface area contributed by atoms with Crippen molar-refractivity contribution in [3.8, 4) is 11.4 Å². The highest BCUT2D eigenvalue weighted by Crippen LogP contribution is 2.18. The van der Waals surface area contributed by atoms with Gasteiger partial charge in [-0.15, -0.1) is 0 Å². The largest absolute Gasteiger partial charge is 0.304 e. The van der Waals surface area contributed by atoms with Crippen molar-refractivity contribution in [1.29, 1.82) is 0 Å². The summed E-state index contributed by atoms with van der Waals surface area (Å²) in [5.74, 6) is 0. The minimum atomic E-state index is -4.33. The Kier molecular flexibility index (Phi) is 8.11. The molecule has 35 heavy (non-hydrogen) atoms. The molecule has 0 saturated heterocycles. The second-order valence-corrected chi connectivity index (χ2v) is 9.32. The van der Waals surface area contributed by atoms with Crippen LogP contribution in [0.15, 0.2) is 75.1 Å². The molecule has 10 heteroatoms. The number of nitrogens with one attached hydrogen (secondary N) is 1. The number of benzene rings is 2. The van der Waals surface area contributed by atoms with Gasteiger partial charge in [0.2, 0.25) is 0 Å². The van der Waals surface area contributed by atoms with Gasteiger partial charge in [-0.2, -0.15) is 8.42 Å². The van der Waals surface area contributed by atoms with Crippen LogP contribution in [0.3, 0.4) is 0 Å². The molecule has 0 amide bonds. The molecular formula is C25H30N4O5S. The number of nitrogens with zero attached hydrogens (tertiary/aromatic N) is 3. The van der Waals surface area contributed by atoms with E-state index in [1.807, 2.05) is 6.07 Å². The Labute approximate surface area is 204 Å². The molecule has 2 heterocycles. The molecule has 2 N–H and O–H groups in total. The van der Waals surface area contributed by atoms with Crippen molar-refractivity contribution in [1.82, 2.24) is 19.2 Å². The lowest BCUT2D eigenvalue weighted by molar-refractivity contribution is 0.321. The molecule has 0 aliphatic heterocycles. The minimum Gasteiger partial charge on any atom is -0.304 e. The van der Waals surface area contributed by atoms with Gasteiger partial charge in [-0.1, -0.05) is 39.0 Å². The van der Waals surface area contributed by atoms with E-state index in [-0.39, 0.29) is 16.0 Å². The quantitative estimate of drug-likeness (QED) is 0.394. The first kappa shape index (κ1) is 26.1. The maximum Gasteiger partial charge on any atom is 0.294 e. The molecular weight excluding hydrogens is 468 g/mol. The van der Waals surface area contributed by atoms with E-state index < -0.39 is 10.1 Å². The van der Waals surface area contributed by atoms with Crippen LogP contribution in [0.5, 0.6) is 0 Å². The second-order valence-electron chi connectivity index (χ2n) is 7.90. The molecule has 4 aromatic rings. The lowest BCUT2D eigenvalue weighted by Crippen LogP contribution is -2.21. The minimum absolute atomic E-state index is 0.280. The van der Waals surface area contributed by atoms with Gasteiger partial charge in [0.15, 0.2) is 0 Å². The number of H-pyrrole nitrogens is 1. The number of aromatic amines is 1. The van der Waals surface area contributed by atoms with E-state index >= 15 is 0 Å². The number of para-hydroxylation sites is 1. The molecule has 0 aliphatic carbocycles. The molecule has 0 radical (unpaired) electrons. The van der Waals surface area contributed by atoms with Crippen LogP contribution < -0.4 is 11.1 Å². The molecule has 186 valence electrons. The number of hydrogen-bond donors (Lipinski definition) is 2. The van der Waals surface area contributed by atoms with E-state index in [1.165, 1.54) is 59.2 Å². The van der Waals surface area contributed by atoms with Crippen LogP contribution in [0, 0.1) is 6.92 Å². The molecule has 0 aliphatic rings. The lowest BCUT2D eigenvalue weighted by atomic mass is 10.2. The van der Waals surface area contributed by atoms with Gasteiger partial charge in [-0.25, -0.2) is 4.68 Å². The Bertz CT molecular complexity index is 1510. The van der Waals surface area contributed by atoms with Crippen LogP contribution in [0.4, 0.5) is 0 Å². The first-order chi connectivity index (χ1) is 16.6. The molecule has 0 fully saturated rings. The molecule has 0 saturated carbocycles. The third kappa shape index (κ3) is 5.61. The van der Waals surface area contributed by atoms with E-state index in [0.29, 0.717) is 28.0 Å². The average Bonchev–Trinajstić information content (AvgIpc) is 3.18. The summed E-state index contributed by atoms with van der Waals surface area (Å²) in [6.07, 6.45) is 0. The number of aromatic nitrogens is 3. The van der Waals surface area contributed by atoms with Crippen LogP contribution in [0.25, 0.3) is 22.4 Å². The first-order valence-corrected chi connectivity index (χ1v) is 12.8. The van der Waals surface area contributed by atoms with Crippen LogP contribution in [0.2, 0.25) is 0 Å². The topological polar surface area (TPSA) is 117 Å². The second kappa shape index (κ2) is 10.9. The summed E-state index contributed by atoms with van der Waals surface area (Å²) < 4.78 is 34.2. The summed E-state index contributed by atoms with van der Waals surface area (Å²) in [5, 5.41) is 3.29. The average molecular weight is 499 g/mol. The Morgan fingerprint density at radius 2 is 1.46 bits per heavy atom. The predicted molar refractivity (Wildman–Crippen MR) is 138 cm³/mol. The Hall–Kier alpha value is -3.47. The molecule has 4 rings (SSSR count). The number of hydrogen-bond acceptors (Lipinski definition) is 5. The zero-order chi connectivity index (χ0) is 25.8. The Morgan fingerprint density at radius 3 is 1.94 bits per heavy atom. The zero-order valence-electron chi connectivity index (χ0n) is 20.2. The SMILES string of the molecule is CCN(CC)CC.Cc1cc(=O)n(-c2ccccc2)c2[nH]n(-c3ccc(S(=O)(=O)O)cc3)c(=O)c12. The summed E-state index contributed by atoms with van der Waals surface area (Å²) in [4.78, 5) is 27.7. The molecule has 9 nitrogen and oxygen atoms in total. The van der Waals surface area contributed by atoms with Crippen molar-refractivity contribution >= 4 is 21.2 Å². The number of rotatable bonds is 6. The number of pyridine rings is 1. The van der Waals surface area contributed by atoms with Gasteiger partial charge in [0.1, 0.15) is 5.65 Å². The highest BCUT2D eigenvalue weighted by molar-refractivity contribution is 7.85. The fourth-order valence-corrected chi connectivity index (χ4v) is 4.31. The number of aryl methyl sites for hydroxylation is 1. The molecule has 2 aromatic heterocycles. The van der Waals surface area contributed by atoms with Gasteiger partial charge in [0.05, 0.1) is 21.7 Å². The van der Waals surface area contributed by atoms with Crippen molar-refractivity contribution in [2.75, 3.05) is 19.6 Å². The van der Waals surface area contributed by atoms with Crippen LogP contribution >= 0.6 is 0 Å². The third-order valence-corrected chi connectivity index (χ3v) is 6.67. The summed E-state index contributed by atoms with van der Waals surface area (Å²) >= 11 is 0.